The van der Waals surface area contributed by atoms with Crippen molar-refractivity contribution in [3.63, 3.8) is 0 Å². The van der Waals surface area contributed by atoms with Crippen LogP contribution in [0.25, 0.3) is 0 Å². The molecule has 2 aromatic rings. The van der Waals surface area contributed by atoms with Gasteiger partial charge in [-0.15, -0.1) is 0 Å². The number of aryl methyl sites for hydroxylation is 1. The molecule has 0 saturated heterocycles. The van der Waals surface area contributed by atoms with E-state index in [0.717, 1.165) is 5.56 Å². The number of rotatable bonds is 5. The van der Waals surface area contributed by atoms with Crippen molar-refractivity contribution >= 4 is 11.6 Å². The molecule has 0 radical (unpaired) electrons. The minimum absolute atomic E-state index is 0.227. The van der Waals surface area contributed by atoms with Gasteiger partial charge < -0.3 is 10.2 Å². The summed E-state index contributed by atoms with van der Waals surface area (Å²) < 4.78 is 15.5. The number of halogens is 1. The van der Waals surface area contributed by atoms with Crippen LogP contribution in [0, 0.1) is 5.82 Å². The average molecular weight is 290 g/mol. The van der Waals surface area contributed by atoms with E-state index in [1.54, 1.807) is 35.0 Å². The van der Waals surface area contributed by atoms with Gasteiger partial charge in [0.2, 0.25) is 0 Å². The van der Waals surface area contributed by atoms with E-state index >= 15 is 0 Å². The molecule has 0 bridgehead atoms. The summed E-state index contributed by atoms with van der Waals surface area (Å²) in [6.07, 6.45) is 3.56. The maximum absolute atomic E-state index is 13.8. The van der Waals surface area contributed by atoms with Crippen LogP contribution in [0.1, 0.15) is 22.8 Å². The quantitative estimate of drug-likeness (QED) is 0.919. The Hall–Kier alpha value is -2.37. The molecule has 112 valence electrons. The minimum atomic E-state index is -0.419. The third-order valence-electron chi connectivity index (χ3n) is 3.12. The van der Waals surface area contributed by atoms with Crippen LogP contribution in [0.4, 0.5) is 10.1 Å². The van der Waals surface area contributed by atoms with Crippen LogP contribution in [-0.4, -0.2) is 34.2 Å². The maximum Gasteiger partial charge on any atom is 0.256 e. The van der Waals surface area contributed by atoms with Crippen molar-refractivity contribution < 1.29 is 9.18 Å². The molecule has 0 aliphatic carbocycles. The van der Waals surface area contributed by atoms with E-state index in [-0.39, 0.29) is 11.6 Å². The van der Waals surface area contributed by atoms with Crippen LogP contribution in [0.3, 0.4) is 0 Å². The Kier molecular flexibility index (Phi) is 4.57. The van der Waals surface area contributed by atoms with Gasteiger partial charge in [0, 0.05) is 38.9 Å². The SMILES string of the molecule is CCNc1c(F)cccc1C(=O)N(C)Cc1cnn(C)c1. The fourth-order valence-corrected chi connectivity index (χ4v) is 2.16. The Morgan fingerprint density at radius 3 is 2.86 bits per heavy atom. The van der Waals surface area contributed by atoms with Gasteiger partial charge in [-0.1, -0.05) is 6.07 Å². The normalized spacial score (nSPS) is 10.5. The predicted molar refractivity (Wildman–Crippen MR) is 79.6 cm³/mol. The molecular formula is C15H19FN4O. The Morgan fingerprint density at radius 2 is 2.24 bits per heavy atom. The Bertz CT molecular complexity index is 638. The van der Waals surface area contributed by atoms with Gasteiger partial charge in [0.05, 0.1) is 17.4 Å². The zero-order valence-corrected chi connectivity index (χ0v) is 12.4. The lowest BCUT2D eigenvalue weighted by Crippen LogP contribution is -2.27. The summed E-state index contributed by atoms with van der Waals surface area (Å²) in [6, 6.07) is 4.51. The molecule has 0 aliphatic rings. The number of hydrogen-bond donors (Lipinski definition) is 1. The van der Waals surface area contributed by atoms with Crippen molar-refractivity contribution in [1.82, 2.24) is 14.7 Å². The van der Waals surface area contributed by atoms with Crippen molar-refractivity contribution in [2.75, 3.05) is 18.9 Å². The lowest BCUT2D eigenvalue weighted by atomic mass is 10.1. The van der Waals surface area contributed by atoms with Gasteiger partial charge >= 0.3 is 0 Å². The van der Waals surface area contributed by atoms with E-state index < -0.39 is 5.82 Å². The first-order valence-electron chi connectivity index (χ1n) is 6.78. The molecule has 0 saturated carbocycles. The third-order valence-corrected chi connectivity index (χ3v) is 3.12. The van der Waals surface area contributed by atoms with Gasteiger partial charge in [-0.3, -0.25) is 9.48 Å². The van der Waals surface area contributed by atoms with E-state index in [0.29, 0.717) is 18.7 Å². The Balaban J connectivity index is 2.21. The molecule has 0 fully saturated rings. The summed E-state index contributed by atoms with van der Waals surface area (Å²) in [5.41, 5.74) is 1.51. The summed E-state index contributed by atoms with van der Waals surface area (Å²) in [5.74, 6) is -0.646. The van der Waals surface area contributed by atoms with Crippen LogP contribution in [0.2, 0.25) is 0 Å². The lowest BCUT2D eigenvalue weighted by molar-refractivity contribution is 0.0785. The molecule has 0 aliphatic heterocycles. The fourth-order valence-electron chi connectivity index (χ4n) is 2.16. The molecule has 1 heterocycles. The second kappa shape index (κ2) is 6.39. The highest BCUT2D eigenvalue weighted by Crippen LogP contribution is 2.21. The van der Waals surface area contributed by atoms with Crippen LogP contribution in [0.15, 0.2) is 30.6 Å². The van der Waals surface area contributed by atoms with Crippen molar-refractivity contribution in [3.8, 4) is 0 Å². The van der Waals surface area contributed by atoms with Crippen molar-refractivity contribution in [3.05, 3.63) is 47.5 Å². The monoisotopic (exact) mass is 290 g/mol. The van der Waals surface area contributed by atoms with Gasteiger partial charge in [0.15, 0.2) is 0 Å². The molecule has 21 heavy (non-hydrogen) atoms. The zero-order valence-electron chi connectivity index (χ0n) is 12.4. The Morgan fingerprint density at radius 1 is 1.48 bits per heavy atom. The van der Waals surface area contributed by atoms with E-state index in [1.807, 2.05) is 20.2 Å². The molecule has 2 rings (SSSR count). The molecule has 1 N–H and O–H groups in total. The highest BCUT2D eigenvalue weighted by atomic mass is 19.1. The lowest BCUT2D eigenvalue weighted by Gasteiger charge is -2.19. The van der Waals surface area contributed by atoms with Gasteiger partial charge in [0.1, 0.15) is 5.82 Å². The second-order valence-corrected chi connectivity index (χ2v) is 4.88. The highest BCUT2D eigenvalue weighted by molar-refractivity contribution is 5.99. The number of hydrogen-bond acceptors (Lipinski definition) is 3. The van der Waals surface area contributed by atoms with Crippen LogP contribution in [-0.2, 0) is 13.6 Å². The molecule has 1 aromatic heterocycles. The number of benzene rings is 1. The Labute approximate surface area is 123 Å². The molecule has 5 nitrogen and oxygen atoms in total. The zero-order chi connectivity index (χ0) is 15.4. The summed E-state index contributed by atoms with van der Waals surface area (Å²) in [4.78, 5) is 14.0. The van der Waals surface area contributed by atoms with Crippen molar-refractivity contribution in [2.24, 2.45) is 7.05 Å². The number of anilines is 1. The number of para-hydroxylation sites is 1. The summed E-state index contributed by atoms with van der Waals surface area (Å²) in [7, 11) is 3.51. The van der Waals surface area contributed by atoms with E-state index in [1.165, 1.54) is 6.07 Å². The van der Waals surface area contributed by atoms with E-state index in [2.05, 4.69) is 10.4 Å². The van der Waals surface area contributed by atoms with E-state index in [4.69, 9.17) is 0 Å². The predicted octanol–water partition coefficient (Wildman–Crippen LogP) is 2.26. The molecule has 1 aromatic carbocycles. The number of carbonyl (C=O) groups excluding carboxylic acids is 1. The molecule has 6 heteroatoms. The van der Waals surface area contributed by atoms with Crippen LogP contribution in [0.5, 0.6) is 0 Å². The van der Waals surface area contributed by atoms with Gasteiger partial charge in [-0.2, -0.15) is 5.10 Å². The molecular weight excluding hydrogens is 271 g/mol. The van der Waals surface area contributed by atoms with Gasteiger partial charge in [0.25, 0.3) is 5.91 Å². The molecule has 0 atom stereocenters. The first-order valence-corrected chi connectivity index (χ1v) is 6.78. The first-order chi connectivity index (χ1) is 10.0. The average Bonchev–Trinajstić information content (AvgIpc) is 2.85. The molecule has 0 unspecified atom stereocenters. The third kappa shape index (κ3) is 3.39. The van der Waals surface area contributed by atoms with E-state index in [9.17, 15) is 9.18 Å². The number of aromatic nitrogens is 2. The standard InChI is InChI=1S/C15H19FN4O/c1-4-17-14-12(6-5-7-13(14)16)15(21)19(2)9-11-8-18-20(3)10-11/h5-8,10,17H,4,9H2,1-3H3. The maximum atomic E-state index is 13.8. The van der Waals surface area contributed by atoms with Crippen molar-refractivity contribution in [2.45, 2.75) is 13.5 Å². The van der Waals surface area contributed by atoms with Gasteiger partial charge in [-0.25, -0.2) is 4.39 Å². The second-order valence-electron chi connectivity index (χ2n) is 4.88. The summed E-state index contributed by atoms with van der Waals surface area (Å²) >= 11 is 0. The topological polar surface area (TPSA) is 50.2 Å². The first kappa shape index (κ1) is 15.0. The summed E-state index contributed by atoms with van der Waals surface area (Å²) in [6.45, 7) is 2.84. The molecule has 1 amide bonds. The van der Waals surface area contributed by atoms with Gasteiger partial charge in [-0.05, 0) is 19.1 Å². The van der Waals surface area contributed by atoms with Crippen LogP contribution >= 0.6 is 0 Å². The number of nitrogens with zero attached hydrogens (tertiary/aromatic N) is 3. The highest BCUT2D eigenvalue weighted by Gasteiger charge is 2.18. The number of nitrogens with one attached hydrogen (secondary N) is 1. The smallest absolute Gasteiger partial charge is 0.256 e. The number of carbonyl (C=O) groups is 1. The largest absolute Gasteiger partial charge is 0.382 e. The molecule has 0 spiro atoms. The fraction of sp³-hybridized carbons (Fsp3) is 0.333. The van der Waals surface area contributed by atoms with Crippen LogP contribution < -0.4 is 5.32 Å². The van der Waals surface area contributed by atoms with Crippen molar-refractivity contribution in [1.29, 1.82) is 0 Å². The number of amides is 1. The minimum Gasteiger partial charge on any atom is -0.382 e. The summed E-state index contributed by atoms with van der Waals surface area (Å²) in [5, 5.41) is 6.98.